The molecule has 0 aliphatic rings. The second-order valence-electron chi connectivity index (χ2n) is 5.75. The molecule has 0 aliphatic heterocycles. The minimum Gasteiger partial charge on any atom is -0.290 e. The van der Waals surface area contributed by atoms with Crippen molar-refractivity contribution < 1.29 is 0 Å². The highest BCUT2D eigenvalue weighted by molar-refractivity contribution is 6.28. The fourth-order valence-corrected chi connectivity index (χ4v) is 3.58. The summed E-state index contributed by atoms with van der Waals surface area (Å²) in [6.07, 6.45) is 0. The number of fused-ring (bicyclic) bond motifs is 2. The molecular weight excluding hydrogens is 272 g/mol. The fraction of sp³-hybridized carbons (Fsp3) is 0. The van der Waals surface area contributed by atoms with E-state index in [1.54, 1.807) is 18.2 Å². The van der Waals surface area contributed by atoms with Gasteiger partial charge in [-0.05, 0) is 62.6 Å². The summed E-state index contributed by atoms with van der Waals surface area (Å²) in [5.41, 5.74) is -0.0258. The Bertz CT molecular complexity index is 1300. The van der Waals surface area contributed by atoms with Gasteiger partial charge in [-0.25, -0.2) is 0 Å². The predicted octanol–water partition coefficient (Wildman–Crippen LogP) is 3.90. The van der Waals surface area contributed by atoms with Gasteiger partial charge in [0.25, 0.3) is 0 Å². The Kier molecular flexibility index (Phi) is 2.01. The van der Waals surface area contributed by atoms with Gasteiger partial charge in [0.05, 0.1) is 0 Å². The van der Waals surface area contributed by atoms with Crippen molar-refractivity contribution in [2.24, 2.45) is 0 Å². The van der Waals surface area contributed by atoms with Crippen LogP contribution in [0.2, 0.25) is 0 Å². The maximum atomic E-state index is 12.5. The van der Waals surface area contributed by atoms with Gasteiger partial charge in [-0.2, -0.15) is 0 Å². The van der Waals surface area contributed by atoms with Crippen molar-refractivity contribution in [1.29, 1.82) is 0 Å². The number of hydrogen-bond donors (Lipinski definition) is 0. The van der Waals surface area contributed by atoms with Gasteiger partial charge in [0.15, 0.2) is 10.9 Å². The summed E-state index contributed by atoms with van der Waals surface area (Å²) in [6, 6.07) is 18.7. The highest BCUT2D eigenvalue weighted by atomic mass is 16.1. The summed E-state index contributed by atoms with van der Waals surface area (Å²) in [7, 11) is 0. The minimum atomic E-state index is -0.0345. The number of benzene rings is 5. The summed E-state index contributed by atoms with van der Waals surface area (Å²) in [5.74, 6) is 0. The van der Waals surface area contributed by atoms with Gasteiger partial charge in [-0.1, -0.05) is 30.3 Å². The van der Waals surface area contributed by atoms with Gasteiger partial charge >= 0.3 is 0 Å². The number of hydrogen-bond acceptors (Lipinski definition) is 2. The molecule has 0 aliphatic carbocycles. The van der Waals surface area contributed by atoms with E-state index in [0.29, 0.717) is 5.39 Å². The van der Waals surface area contributed by atoms with Crippen LogP contribution in [0.4, 0.5) is 0 Å². The Morgan fingerprint density at radius 1 is 0.545 bits per heavy atom. The lowest BCUT2D eigenvalue weighted by molar-refractivity contribution is 1.65. The van der Waals surface area contributed by atoms with Gasteiger partial charge < -0.3 is 0 Å². The molecule has 2 nitrogen and oxygen atoms in total. The van der Waals surface area contributed by atoms with Gasteiger partial charge in [0.1, 0.15) is 0 Å². The molecule has 0 unspecified atom stereocenters. The highest BCUT2D eigenvalue weighted by Crippen LogP contribution is 2.36. The van der Waals surface area contributed by atoms with E-state index in [2.05, 4.69) is 18.2 Å². The molecule has 5 aromatic carbocycles. The maximum absolute atomic E-state index is 12.5. The number of rotatable bonds is 0. The van der Waals surface area contributed by atoms with Crippen LogP contribution in [0.25, 0.3) is 43.1 Å². The average molecular weight is 282 g/mol. The van der Waals surface area contributed by atoms with Crippen LogP contribution in [0.5, 0.6) is 0 Å². The molecule has 0 aromatic heterocycles. The molecule has 0 saturated heterocycles. The van der Waals surface area contributed by atoms with Crippen molar-refractivity contribution in [2.45, 2.75) is 0 Å². The molecular formula is C20H10O2. The van der Waals surface area contributed by atoms with Crippen LogP contribution < -0.4 is 10.9 Å². The first kappa shape index (κ1) is 11.6. The van der Waals surface area contributed by atoms with Gasteiger partial charge in [-0.3, -0.25) is 9.59 Å². The molecule has 0 radical (unpaired) electrons. The molecule has 5 rings (SSSR count). The molecule has 0 fully saturated rings. The van der Waals surface area contributed by atoms with Gasteiger partial charge in [0, 0.05) is 10.8 Å². The van der Waals surface area contributed by atoms with E-state index in [-0.39, 0.29) is 10.9 Å². The largest absolute Gasteiger partial charge is 0.290 e. The third kappa shape index (κ3) is 1.34. The van der Waals surface area contributed by atoms with E-state index in [4.69, 9.17) is 0 Å². The molecule has 0 spiro atoms. The Labute approximate surface area is 124 Å². The van der Waals surface area contributed by atoms with E-state index in [1.165, 1.54) is 0 Å². The summed E-state index contributed by atoms with van der Waals surface area (Å²) in [4.78, 5) is 24.1. The molecule has 2 heteroatoms. The second-order valence-corrected chi connectivity index (χ2v) is 5.75. The van der Waals surface area contributed by atoms with Crippen LogP contribution in [0.3, 0.4) is 0 Å². The zero-order valence-corrected chi connectivity index (χ0v) is 11.6. The summed E-state index contributed by atoms with van der Waals surface area (Å²) in [6.45, 7) is 0. The summed E-state index contributed by atoms with van der Waals surface area (Å²) >= 11 is 0. The lowest BCUT2D eigenvalue weighted by atomic mass is 9.91. The zero-order chi connectivity index (χ0) is 14.8. The topological polar surface area (TPSA) is 34.1 Å². The fourth-order valence-electron chi connectivity index (χ4n) is 3.58. The lowest BCUT2D eigenvalue weighted by Gasteiger charge is -2.12. The van der Waals surface area contributed by atoms with Crippen molar-refractivity contribution in [3.05, 3.63) is 81.1 Å². The SMILES string of the molecule is O=c1ccc2c(c1)cc1c(=O)cc3cccc4ccc2c1c43. The van der Waals surface area contributed by atoms with Crippen LogP contribution in [0, 0.1) is 0 Å². The van der Waals surface area contributed by atoms with Crippen molar-refractivity contribution in [3.63, 3.8) is 0 Å². The quantitative estimate of drug-likeness (QED) is 0.319. The van der Waals surface area contributed by atoms with E-state index >= 15 is 0 Å². The molecule has 102 valence electrons. The van der Waals surface area contributed by atoms with E-state index in [1.807, 2.05) is 24.3 Å². The molecule has 0 amide bonds. The first-order valence-electron chi connectivity index (χ1n) is 7.21. The molecule has 0 N–H and O–H groups in total. The second kappa shape index (κ2) is 3.80. The average Bonchev–Trinajstić information content (AvgIpc) is 2.52. The Morgan fingerprint density at radius 3 is 2.27 bits per heavy atom. The van der Waals surface area contributed by atoms with E-state index in [0.717, 1.165) is 37.7 Å². The molecule has 0 saturated carbocycles. The third-order valence-corrected chi connectivity index (χ3v) is 4.51. The zero-order valence-electron chi connectivity index (χ0n) is 11.6. The smallest absolute Gasteiger partial charge is 0.187 e. The Morgan fingerprint density at radius 2 is 1.36 bits per heavy atom. The monoisotopic (exact) mass is 282 g/mol. The van der Waals surface area contributed by atoms with Crippen LogP contribution in [-0.4, -0.2) is 0 Å². The molecule has 0 bridgehead atoms. The Hall–Kier alpha value is -3.00. The van der Waals surface area contributed by atoms with Crippen LogP contribution >= 0.6 is 0 Å². The van der Waals surface area contributed by atoms with Crippen LogP contribution in [-0.2, 0) is 0 Å². The van der Waals surface area contributed by atoms with Crippen molar-refractivity contribution >= 4 is 43.1 Å². The highest BCUT2D eigenvalue weighted by Gasteiger charge is 2.13. The van der Waals surface area contributed by atoms with E-state index in [9.17, 15) is 9.59 Å². The molecule has 0 atom stereocenters. The van der Waals surface area contributed by atoms with Crippen molar-refractivity contribution in [1.82, 2.24) is 0 Å². The van der Waals surface area contributed by atoms with Crippen LogP contribution in [0.1, 0.15) is 0 Å². The van der Waals surface area contributed by atoms with Crippen molar-refractivity contribution in [2.75, 3.05) is 0 Å². The third-order valence-electron chi connectivity index (χ3n) is 4.51. The summed E-state index contributed by atoms with van der Waals surface area (Å²) < 4.78 is 0. The van der Waals surface area contributed by atoms with Gasteiger partial charge in [0.2, 0.25) is 0 Å². The maximum Gasteiger partial charge on any atom is 0.187 e. The molecule has 22 heavy (non-hydrogen) atoms. The van der Waals surface area contributed by atoms with Gasteiger partial charge in [-0.15, -0.1) is 0 Å². The normalized spacial score (nSPS) is 12.0. The van der Waals surface area contributed by atoms with E-state index < -0.39 is 0 Å². The predicted molar refractivity (Wildman–Crippen MR) is 91.4 cm³/mol. The summed E-state index contributed by atoms with van der Waals surface area (Å²) in [5, 5.41) is 7.82. The first-order chi connectivity index (χ1) is 10.7. The van der Waals surface area contributed by atoms with Crippen LogP contribution in [0.15, 0.2) is 70.3 Å². The Balaban J connectivity index is 2.26. The minimum absolute atomic E-state index is 0.00871. The molecule has 5 aromatic rings. The lowest BCUT2D eigenvalue weighted by Crippen LogP contribution is -2.02. The standard InChI is InChI=1S/C20H10O2/c21-14-5-7-15-13(8-14)9-17-18(22)10-12-3-1-2-11-4-6-16(15)20(17)19(11)12/h1-10H. The first-order valence-corrected chi connectivity index (χ1v) is 7.21. The van der Waals surface area contributed by atoms with Crippen molar-refractivity contribution in [3.8, 4) is 0 Å². The molecule has 0 heterocycles.